The Morgan fingerprint density at radius 1 is 1.89 bits per heavy atom. The minimum absolute atomic E-state index is 0.405. The maximum absolute atomic E-state index is 9.95. The summed E-state index contributed by atoms with van der Waals surface area (Å²) in [5.41, 5.74) is -0.405. The molecular weight excluding hydrogens is 122 g/mol. The molecule has 0 unspecified atom stereocenters. The van der Waals surface area contributed by atoms with Crippen molar-refractivity contribution in [3.8, 4) is 6.07 Å². The molecule has 0 aromatic rings. The van der Waals surface area contributed by atoms with E-state index in [1.54, 1.807) is 0 Å². The highest BCUT2D eigenvalue weighted by molar-refractivity contribution is 5.90. The van der Waals surface area contributed by atoms with Crippen molar-refractivity contribution in [1.29, 1.82) is 5.26 Å². The van der Waals surface area contributed by atoms with E-state index in [-0.39, 0.29) is 0 Å². The quantitative estimate of drug-likeness (QED) is 0.325. The number of aliphatic carboxylic acids is 1. The third-order valence-electron chi connectivity index (χ3n) is 0.587. The molecule has 1 N–H and O–H groups in total. The SMILES string of the molecule is COC=C(C#N)C(=O)O. The molecule has 0 aliphatic rings. The topological polar surface area (TPSA) is 70.3 Å². The molecule has 4 heteroatoms. The molecule has 0 spiro atoms. The van der Waals surface area contributed by atoms with Crippen molar-refractivity contribution in [1.82, 2.24) is 0 Å². The zero-order valence-corrected chi connectivity index (χ0v) is 4.79. The van der Waals surface area contributed by atoms with E-state index in [0.717, 1.165) is 6.26 Å². The van der Waals surface area contributed by atoms with E-state index in [2.05, 4.69) is 4.74 Å². The largest absolute Gasteiger partial charge is 0.503 e. The lowest BCUT2D eigenvalue weighted by molar-refractivity contribution is -0.132. The maximum Gasteiger partial charge on any atom is 0.349 e. The molecular formula is C5H5NO3. The predicted octanol–water partition coefficient (Wildman–Crippen LogP) is 0.125. The number of hydrogen-bond donors (Lipinski definition) is 1. The first-order valence-corrected chi connectivity index (χ1v) is 2.08. The summed E-state index contributed by atoms with van der Waals surface area (Å²) >= 11 is 0. The molecule has 0 aromatic carbocycles. The molecule has 0 heterocycles. The van der Waals surface area contributed by atoms with E-state index in [1.165, 1.54) is 13.2 Å². The van der Waals surface area contributed by atoms with Gasteiger partial charge in [-0.2, -0.15) is 5.26 Å². The van der Waals surface area contributed by atoms with Crippen LogP contribution < -0.4 is 0 Å². The first-order valence-electron chi connectivity index (χ1n) is 2.08. The second kappa shape index (κ2) is 3.50. The van der Waals surface area contributed by atoms with Crippen LogP contribution in [0.15, 0.2) is 11.8 Å². The van der Waals surface area contributed by atoms with Gasteiger partial charge in [-0.05, 0) is 0 Å². The van der Waals surface area contributed by atoms with Crippen LogP contribution in [0, 0.1) is 11.3 Å². The van der Waals surface area contributed by atoms with Gasteiger partial charge in [0.2, 0.25) is 0 Å². The zero-order valence-electron chi connectivity index (χ0n) is 4.79. The molecule has 0 rings (SSSR count). The first-order chi connectivity index (χ1) is 4.22. The molecule has 0 radical (unpaired) electrons. The molecule has 4 nitrogen and oxygen atoms in total. The van der Waals surface area contributed by atoms with E-state index in [9.17, 15) is 4.79 Å². The predicted molar refractivity (Wildman–Crippen MR) is 28.3 cm³/mol. The molecule has 9 heavy (non-hydrogen) atoms. The normalized spacial score (nSPS) is 10.0. The second-order valence-corrected chi connectivity index (χ2v) is 1.18. The van der Waals surface area contributed by atoms with Crippen LogP contribution in [-0.4, -0.2) is 18.2 Å². The van der Waals surface area contributed by atoms with Crippen LogP contribution in [0.2, 0.25) is 0 Å². The lowest BCUT2D eigenvalue weighted by Crippen LogP contribution is -1.97. The van der Waals surface area contributed by atoms with E-state index in [4.69, 9.17) is 10.4 Å². The smallest absolute Gasteiger partial charge is 0.349 e. The average molecular weight is 127 g/mol. The van der Waals surface area contributed by atoms with Gasteiger partial charge in [0.05, 0.1) is 7.11 Å². The monoisotopic (exact) mass is 127 g/mol. The molecule has 0 aromatic heterocycles. The molecule has 0 saturated carbocycles. The van der Waals surface area contributed by atoms with Gasteiger partial charge in [0.15, 0.2) is 5.57 Å². The Morgan fingerprint density at radius 3 is 2.56 bits per heavy atom. The van der Waals surface area contributed by atoms with Gasteiger partial charge >= 0.3 is 5.97 Å². The molecule has 0 amide bonds. The van der Waals surface area contributed by atoms with Gasteiger partial charge in [-0.25, -0.2) is 4.79 Å². The van der Waals surface area contributed by atoms with Crippen LogP contribution in [0.1, 0.15) is 0 Å². The molecule has 0 bridgehead atoms. The summed E-state index contributed by atoms with van der Waals surface area (Å²) in [4.78, 5) is 9.95. The minimum Gasteiger partial charge on any atom is -0.503 e. The van der Waals surface area contributed by atoms with Crippen molar-refractivity contribution in [2.75, 3.05) is 7.11 Å². The summed E-state index contributed by atoms with van der Waals surface area (Å²) in [6, 6.07) is 1.44. The van der Waals surface area contributed by atoms with Gasteiger partial charge in [0.25, 0.3) is 0 Å². The third-order valence-corrected chi connectivity index (χ3v) is 0.587. The number of ether oxygens (including phenoxy) is 1. The summed E-state index contributed by atoms with van der Waals surface area (Å²) in [6.07, 6.45) is 0.877. The number of methoxy groups -OCH3 is 1. The zero-order chi connectivity index (χ0) is 7.28. The summed E-state index contributed by atoms with van der Waals surface area (Å²) < 4.78 is 4.29. The van der Waals surface area contributed by atoms with Gasteiger partial charge in [0, 0.05) is 0 Å². The summed E-state index contributed by atoms with van der Waals surface area (Å²) in [5, 5.41) is 16.2. The summed E-state index contributed by atoms with van der Waals surface area (Å²) in [6.45, 7) is 0. The summed E-state index contributed by atoms with van der Waals surface area (Å²) in [5.74, 6) is -1.28. The Labute approximate surface area is 52.0 Å². The van der Waals surface area contributed by atoms with Gasteiger partial charge < -0.3 is 9.84 Å². The van der Waals surface area contributed by atoms with Crippen molar-refractivity contribution in [3.05, 3.63) is 11.8 Å². The van der Waals surface area contributed by atoms with Crippen molar-refractivity contribution < 1.29 is 14.6 Å². The lowest BCUT2D eigenvalue weighted by atomic mass is 10.3. The van der Waals surface area contributed by atoms with Crippen LogP contribution in [0.3, 0.4) is 0 Å². The number of nitrogens with zero attached hydrogens (tertiary/aromatic N) is 1. The highest BCUT2D eigenvalue weighted by Crippen LogP contribution is 1.90. The Kier molecular flexibility index (Phi) is 2.91. The van der Waals surface area contributed by atoms with Gasteiger partial charge in [-0.15, -0.1) is 0 Å². The second-order valence-electron chi connectivity index (χ2n) is 1.18. The van der Waals surface area contributed by atoms with Crippen molar-refractivity contribution in [2.24, 2.45) is 0 Å². The van der Waals surface area contributed by atoms with E-state index in [1.807, 2.05) is 0 Å². The molecule has 48 valence electrons. The van der Waals surface area contributed by atoms with Crippen LogP contribution in [-0.2, 0) is 9.53 Å². The van der Waals surface area contributed by atoms with Crippen molar-refractivity contribution in [2.45, 2.75) is 0 Å². The van der Waals surface area contributed by atoms with Crippen LogP contribution in [0.25, 0.3) is 0 Å². The average Bonchev–Trinajstić information content (AvgIpc) is 1.82. The van der Waals surface area contributed by atoms with Crippen LogP contribution >= 0.6 is 0 Å². The minimum atomic E-state index is -1.28. The standard InChI is InChI=1S/C5H5NO3/c1-9-3-4(2-6)5(7)8/h3H,1H3,(H,7,8). The fraction of sp³-hybridized carbons (Fsp3) is 0.200. The van der Waals surface area contributed by atoms with Crippen molar-refractivity contribution in [3.63, 3.8) is 0 Å². The fourth-order valence-corrected chi connectivity index (χ4v) is 0.242. The maximum atomic E-state index is 9.95. The number of carboxylic acids is 1. The number of hydrogen-bond acceptors (Lipinski definition) is 3. The number of carboxylic acid groups (broad SMARTS) is 1. The Hall–Kier alpha value is -1.50. The van der Waals surface area contributed by atoms with Gasteiger partial charge in [-0.3, -0.25) is 0 Å². The number of nitriles is 1. The highest BCUT2D eigenvalue weighted by atomic mass is 16.5. The summed E-state index contributed by atoms with van der Waals surface area (Å²) in [7, 11) is 1.28. The highest BCUT2D eigenvalue weighted by Gasteiger charge is 2.03. The van der Waals surface area contributed by atoms with E-state index < -0.39 is 11.5 Å². The third kappa shape index (κ3) is 2.34. The molecule has 0 aliphatic carbocycles. The van der Waals surface area contributed by atoms with Gasteiger partial charge in [0.1, 0.15) is 12.3 Å². The lowest BCUT2D eigenvalue weighted by Gasteiger charge is -1.86. The van der Waals surface area contributed by atoms with Gasteiger partial charge in [-0.1, -0.05) is 0 Å². The first kappa shape index (κ1) is 7.50. The van der Waals surface area contributed by atoms with Crippen LogP contribution in [0.4, 0.5) is 0 Å². The molecule has 0 aliphatic heterocycles. The Morgan fingerprint density at radius 2 is 2.44 bits per heavy atom. The molecule has 0 saturated heterocycles. The van der Waals surface area contributed by atoms with E-state index >= 15 is 0 Å². The molecule has 0 atom stereocenters. The Balaban J connectivity index is 4.20. The Bertz CT molecular complexity index is 177. The van der Waals surface area contributed by atoms with E-state index in [0.29, 0.717) is 0 Å². The number of rotatable bonds is 2. The number of carbonyl (C=O) groups is 1. The fourth-order valence-electron chi connectivity index (χ4n) is 0.242. The van der Waals surface area contributed by atoms with Crippen LogP contribution in [0.5, 0.6) is 0 Å². The van der Waals surface area contributed by atoms with Crippen molar-refractivity contribution >= 4 is 5.97 Å². The molecule has 0 fully saturated rings.